The van der Waals surface area contributed by atoms with Gasteiger partial charge in [0.05, 0.1) is 17.7 Å². The van der Waals surface area contributed by atoms with Gasteiger partial charge in [0.2, 0.25) is 0 Å². The summed E-state index contributed by atoms with van der Waals surface area (Å²) in [7, 11) is 0. The zero-order valence-corrected chi connectivity index (χ0v) is 18.2. The Bertz CT molecular complexity index is 1040. The van der Waals surface area contributed by atoms with Crippen LogP contribution in [0.1, 0.15) is 31.2 Å². The fourth-order valence-electron chi connectivity index (χ4n) is 3.66. The number of benzene rings is 1. The summed E-state index contributed by atoms with van der Waals surface area (Å²) < 4.78 is 7.32. The van der Waals surface area contributed by atoms with E-state index >= 15 is 0 Å². The van der Waals surface area contributed by atoms with E-state index < -0.39 is 0 Å². The minimum Gasteiger partial charge on any atom is -0.494 e. The summed E-state index contributed by atoms with van der Waals surface area (Å²) in [6.45, 7) is 9.82. The molecule has 0 aliphatic carbocycles. The van der Waals surface area contributed by atoms with Gasteiger partial charge in [-0.1, -0.05) is 25.6 Å². The molecule has 0 atom stereocenters. The molecule has 0 N–H and O–H groups in total. The number of thiophene rings is 1. The predicted molar refractivity (Wildman–Crippen MR) is 117 cm³/mol. The van der Waals surface area contributed by atoms with Crippen LogP contribution in [0.2, 0.25) is 0 Å². The van der Waals surface area contributed by atoms with Gasteiger partial charge in [0.25, 0.3) is 5.56 Å². The van der Waals surface area contributed by atoms with Crippen LogP contribution in [0.3, 0.4) is 0 Å². The first kappa shape index (κ1) is 19.5. The van der Waals surface area contributed by atoms with Gasteiger partial charge in [-0.05, 0) is 55.5 Å². The van der Waals surface area contributed by atoms with Gasteiger partial charge >= 0.3 is 0 Å². The summed E-state index contributed by atoms with van der Waals surface area (Å²) in [5.41, 5.74) is 2.09. The number of hydrogen-bond donors (Lipinski definition) is 0. The number of rotatable bonds is 6. The Morgan fingerprint density at radius 1 is 1.21 bits per heavy atom. The van der Waals surface area contributed by atoms with Crippen molar-refractivity contribution in [1.82, 2.24) is 14.5 Å². The zero-order chi connectivity index (χ0) is 19.7. The highest BCUT2D eigenvalue weighted by Gasteiger charge is 2.25. The van der Waals surface area contributed by atoms with Crippen LogP contribution in [-0.2, 0) is 13.0 Å². The molecule has 0 unspecified atom stereocenters. The summed E-state index contributed by atoms with van der Waals surface area (Å²) in [5.74, 6) is 1.68. The van der Waals surface area contributed by atoms with Crippen LogP contribution in [0.4, 0.5) is 0 Å². The van der Waals surface area contributed by atoms with E-state index in [0.29, 0.717) is 6.61 Å². The molecular weight excluding hydrogens is 390 g/mol. The van der Waals surface area contributed by atoms with E-state index in [9.17, 15) is 4.79 Å². The number of ether oxygens (including phenoxy) is 1. The van der Waals surface area contributed by atoms with Gasteiger partial charge in [0, 0.05) is 18.0 Å². The Labute approximate surface area is 173 Å². The average molecular weight is 416 g/mol. The number of fused-ring (bicyclic) bond motifs is 3. The van der Waals surface area contributed by atoms with Crippen LogP contribution >= 0.6 is 23.1 Å². The third-order valence-electron chi connectivity index (χ3n) is 5.05. The molecule has 0 spiro atoms. The molecule has 0 bridgehead atoms. The van der Waals surface area contributed by atoms with E-state index in [0.717, 1.165) is 58.6 Å². The van der Waals surface area contributed by atoms with Crippen molar-refractivity contribution in [2.75, 3.05) is 25.4 Å². The van der Waals surface area contributed by atoms with Gasteiger partial charge in [-0.25, -0.2) is 4.98 Å². The molecule has 28 heavy (non-hydrogen) atoms. The molecule has 0 radical (unpaired) electrons. The molecule has 0 fully saturated rings. The van der Waals surface area contributed by atoms with Gasteiger partial charge in [0.1, 0.15) is 10.6 Å². The molecule has 7 heteroatoms. The number of aromatic nitrogens is 2. The number of nitrogens with zero attached hydrogens (tertiary/aromatic N) is 3. The lowest BCUT2D eigenvalue weighted by molar-refractivity contribution is 0.272. The maximum atomic E-state index is 13.6. The minimum atomic E-state index is 0.0487. The van der Waals surface area contributed by atoms with Gasteiger partial charge in [-0.2, -0.15) is 0 Å². The van der Waals surface area contributed by atoms with Crippen LogP contribution in [-0.4, -0.2) is 39.9 Å². The molecule has 0 saturated carbocycles. The summed E-state index contributed by atoms with van der Waals surface area (Å²) in [6.07, 6.45) is 0.920. The van der Waals surface area contributed by atoms with Crippen LogP contribution in [0.5, 0.6) is 5.75 Å². The Morgan fingerprint density at radius 2 is 2.00 bits per heavy atom. The first-order chi connectivity index (χ1) is 13.7. The van der Waals surface area contributed by atoms with Crippen molar-refractivity contribution in [2.45, 2.75) is 38.9 Å². The fourth-order valence-corrected chi connectivity index (χ4v) is 5.70. The van der Waals surface area contributed by atoms with Crippen molar-refractivity contribution in [3.05, 3.63) is 45.1 Å². The summed E-state index contributed by atoms with van der Waals surface area (Å²) in [6, 6.07) is 7.71. The quantitative estimate of drug-likeness (QED) is 0.443. The average Bonchev–Trinajstić information content (AvgIpc) is 3.07. The topological polar surface area (TPSA) is 47.4 Å². The normalized spacial score (nSPS) is 14.4. The maximum absolute atomic E-state index is 13.6. The molecule has 148 valence electrons. The number of thioether (sulfide) groups is 1. The summed E-state index contributed by atoms with van der Waals surface area (Å²) in [4.78, 5) is 23.1. The molecule has 0 amide bonds. The lowest BCUT2D eigenvalue weighted by atomic mass is 10.1. The number of likely N-dealkylation sites (N-methyl/N-ethyl adjacent to an activating group) is 1. The summed E-state index contributed by atoms with van der Waals surface area (Å²) in [5, 5.41) is 1.57. The van der Waals surface area contributed by atoms with Crippen molar-refractivity contribution in [2.24, 2.45) is 0 Å². The smallest absolute Gasteiger partial charge is 0.267 e. The lowest BCUT2D eigenvalue weighted by Gasteiger charge is -2.25. The lowest BCUT2D eigenvalue weighted by Crippen LogP contribution is -2.30. The molecule has 2 aromatic heterocycles. The van der Waals surface area contributed by atoms with Crippen molar-refractivity contribution in [1.29, 1.82) is 0 Å². The van der Waals surface area contributed by atoms with E-state index in [1.807, 2.05) is 31.2 Å². The SMILES string of the molecule is CCOc1ccc(-n2c(SCC)nc3sc4c(c3c2=O)CCN(CC)C4)cc1. The standard InChI is InChI=1S/C21H25N3O2S2/c1-4-23-12-11-16-17(13-23)28-19-18(16)20(25)24(21(22-19)27-6-3)14-7-9-15(10-8-14)26-5-2/h7-10H,4-6,11-13H2,1-3H3. The monoisotopic (exact) mass is 415 g/mol. The van der Waals surface area contributed by atoms with E-state index in [1.54, 1.807) is 27.7 Å². The van der Waals surface area contributed by atoms with E-state index in [2.05, 4.69) is 18.7 Å². The molecule has 1 aliphatic heterocycles. The third kappa shape index (κ3) is 3.47. The third-order valence-corrected chi connectivity index (χ3v) is 6.98. The van der Waals surface area contributed by atoms with Crippen molar-refractivity contribution >= 4 is 33.3 Å². The first-order valence-electron chi connectivity index (χ1n) is 9.81. The molecule has 3 aromatic rings. The molecule has 5 nitrogen and oxygen atoms in total. The van der Waals surface area contributed by atoms with Crippen molar-refractivity contribution < 1.29 is 4.74 Å². The van der Waals surface area contributed by atoms with E-state index in [1.165, 1.54) is 10.4 Å². The summed E-state index contributed by atoms with van der Waals surface area (Å²) >= 11 is 3.29. The van der Waals surface area contributed by atoms with Crippen LogP contribution < -0.4 is 10.3 Å². The van der Waals surface area contributed by atoms with Gasteiger partial charge < -0.3 is 4.74 Å². The van der Waals surface area contributed by atoms with Crippen LogP contribution in [0.15, 0.2) is 34.2 Å². The molecule has 4 rings (SSSR count). The fraction of sp³-hybridized carbons (Fsp3) is 0.429. The highest BCUT2D eigenvalue weighted by molar-refractivity contribution is 7.99. The zero-order valence-electron chi connectivity index (χ0n) is 16.5. The highest BCUT2D eigenvalue weighted by Crippen LogP contribution is 2.34. The number of hydrogen-bond acceptors (Lipinski definition) is 6. The van der Waals surface area contributed by atoms with E-state index in [-0.39, 0.29) is 5.56 Å². The van der Waals surface area contributed by atoms with Crippen LogP contribution in [0, 0.1) is 0 Å². The Morgan fingerprint density at radius 3 is 2.68 bits per heavy atom. The second-order valence-corrected chi connectivity index (χ2v) is 9.01. The maximum Gasteiger partial charge on any atom is 0.267 e. The predicted octanol–water partition coefficient (Wildman–Crippen LogP) is 4.34. The second kappa shape index (κ2) is 8.27. The van der Waals surface area contributed by atoms with Crippen LogP contribution in [0.25, 0.3) is 15.9 Å². The van der Waals surface area contributed by atoms with Gasteiger partial charge in [-0.15, -0.1) is 11.3 Å². The van der Waals surface area contributed by atoms with E-state index in [4.69, 9.17) is 9.72 Å². The largest absolute Gasteiger partial charge is 0.494 e. The van der Waals surface area contributed by atoms with Crippen molar-refractivity contribution in [3.8, 4) is 11.4 Å². The van der Waals surface area contributed by atoms with Gasteiger partial charge in [-0.3, -0.25) is 14.3 Å². The second-order valence-electron chi connectivity index (χ2n) is 6.70. The molecule has 0 saturated heterocycles. The molecule has 3 heterocycles. The first-order valence-corrected chi connectivity index (χ1v) is 11.6. The Balaban J connectivity index is 1.88. The van der Waals surface area contributed by atoms with Crippen molar-refractivity contribution in [3.63, 3.8) is 0 Å². The van der Waals surface area contributed by atoms with Gasteiger partial charge in [0.15, 0.2) is 5.16 Å². The highest BCUT2D eigenvalue weighted by atomic mass is 32.2. The molecule has 1 aromatic carbocycles. The molecular formula is C21H25N3O2S2. The minimum absolute atomic E-state index is 0.0487. The Hall–Kier alpha value is -1.83. The Kier molecular flexibility index (Phi) is 5.75. The molecule has 1 aliphatic rings.